The van der Waals surface area contributed by atoms with E-state index in [1.807, 2.05) is 26.0 Å². The number of halogens is 1. The normalized spacial score (nSPS) is 11.6. The highest BCUT2D eigenvalue weighted by Gasteiger charge is 2.22. The largest absolute Gasteiger partial charge is 0.419 e. The van der Waals surface area contributed by atoms with Crippen molar-refractivity contribution in [2.24, 2.45) is 0 Å². The summed E-state index contributed by atoms with van der Waals surface area (Å²) in [4.78, 5) is 14.6. The summed E-state index contributed by atoms with van der Waals surface area (Å²) < 4.78 is 28.6. The Morgan fingerprint density at radius 3 is 2.37 bits per heavy atom. The van der Waals surface area contributed by atoms with Crippen LogP contribution in [0.1, 0.15) is 35.7 Å². The van der Waals surface area contributed by atoms with E-state index in [0.29, 0.717) is 27.6 Å². The van der Waals surface area contributed by atoms with Crippen LogP contribution in [0.5, 0.6) is 0 Å². The monoisotopic (exact) mass is 447 g/mol. The summed E-state index contributed by atoms with van der Waals surface area (Å²) >= 11 is 6.18. The van der Waals surface area contributed by atoms with E-state index in [1.54, 1.807) is 41.3 Å². The summed E-state index contributed by atoms with van der Waals surface area (Å²) in [6.45, 7) is 3.92. The van der Waals surface area contributed by atoms with Crippen LogP contribution in [-0.2, 0) is 22.1 Å². The van der Waals surface area contributed by atoms with E-state index in [4.69, 9.17) is 16.0 Å². The van der Waals surface area contributed by atoms with Crippen molar-refractivity contribution < 1.29 is 17.6 Å². The van der Waals surface area contributed by atoms with Crippen molar-refractivity contribution in [3.05, 3.63) is 70.6 Å². The first kappa shape index (κ1) is 22.0. The van der Waals surface area contributed by atoms with E-state index in [-0.39, 0.29) is 30.1 Å². The number of aromatic nitrogens is 2. The molecule has 1 aromatic heterocycles. The van der Waals surface area contributed by atoms with Crippen LogP contribution in [0.3, 0.4) is 0 Å². The fraction of sp³-hybridized carbons (Fsp3) is 0.286. The molecular formula is C21H22ClN3O4S. The van der Waals surface area contributed by atoms with Gasteiger partial charge in [0.15, 0.2) is 9.84 Å². The van der Waals surface area contributed by atoms with Gasteiger partial charge in [-0.3, -0.25) is 4.79 Å². The minimum absolute atomic E-state index is 0.0673. The summed E-state index contributed by atoms with van der Waals surface area (Å²) in [5, 5.41) is 8.59. The summed E-state index contributed by atoms with van der Waals surface area (Å²) in [7, 11) is -3.14. The quantitative estimate of drug-likeness (QED) is 0.543. The smallest absolute Gasteiger partial charge is 0.254 e. The molecule has 3 rings (SSSR count). The number of carbonyl (C=O) groups excluding carboxylic acids is 1. The fourth-order valence-electron chi connectivity index (χ4n) is 2.91. The standard InChI is InChI=1S/C21H22ClN3O4S/c1-14(2)25(21(26)16-10-8-15(9-11-16)13-30(3,27)28)12-19-23-24-20(29-19)17-6-4-5-7-18(17)22/h4-11,14H,12-13H2,1-3H3. The zero-order valence-electron chi connectivity index (χ0n) is 16.9. The van der Waals surface area contributed by atoms with E-state index >= 15 is 0 Å². The lowest BCUT2D eigenvalue weighted by Gasteiger charge is -2.25. The second-order valence-corrected chi connectivity index (χ2v) is 9.82. The summed E-state index contributed by atoms with van der Waals surface area (Å²) in [6.07, 6.45) is 1.17. The molecule has 0 N–H and O–H groups in total. The highest BCUT2D eigenvalue weighted by Crippen LogP contribution is 2.26. The van der Waals surface area contributed by atoms with Crippen LogP contribution < -0.4 is 0 Å². The molecule has 0 fully saturated rings. The third-order valence-electron chi connectivity index (χ3n) is 4.39. The molecule has 1 amide bonds. The molecule has 3 aromatic rings. The Kier molecular flexibility index (Phi) is 6.58. The van der Waals surface area contributed by atoms with Crippen LogP contribution in [-0.4, -0.2) is 41.7 Å². The summed E-state index contributed by atoms with van der Waals surface area (Å²) in [6, 6.07) is 13.6. The Morgan fingerprint density at radius 1 is 1.10 bits per heavy atom. The molecule has 0 aliphatic carbocycles. The molecule has 0 spiro atoms. The topological polar surface area (TPSA) is 93.4 Å². The van der Waals surface area contributed by atoms with Crippen LogP contribution in [0.2, 0.25) is 5.02 Å². The van der Waals surface area contributed by atoms with Gasteiger partial charge >= 0.3 is 0 Å². The van der Waals surface area contributed by atoms with E-state index in [9.17, 15) is 13.2 Å². The number of amides is 1. The van der Waals surface area contributed by atoms with Crippen molar-refractivity contribution in [2.45, 2.75) is 32.2 Å². The lowest BCUT2D eigenvalue weighted by molar-refractivity contribution is 0.0672. The average molecular weight is 448 g/mol. The van der Waals surface area contributed by atoms with Crippen molar-refractivity contribution in [3.63, 3.8) is 0 Å². The van der Waals surface area contributed by atoms with Crippen LogP contribution in [0, 0.1) is 0 Å². The van der Waals surface area contributed by atoms with Gasteiger partial charge in [0.2, 0.25) is 11.8 Å². The van der Waals surface area contributed by atoms with Gasteiger partial charge in [-0.05, 0) is 43.7 Å². The van der Waals surface area contributed by atoms with Gasteiger partial charge in [-0.2, -0.15) is 0 Å². The molecule has 1 heterocycles. The first-order chi connectivity index (χ1) is 14.1. The van der Waals surface area contributed by atoms with Crippen LogP contribution in [0.25, 0.3) is 11.5 Å². The summed E-state index contributed by atoms with van der Waals surface area (Å²) in [5.74, 6) is 0.299. The second-order valence-electron chi connectivity index (χ2n) is 7.27. The van der Waals surface area contributed by atoms with Gasteiger partial charge in [0.05, 0.1) is 22.9 Å². The lowest BCUT2D eigenvalue weighted by Crippen LogP contribution is -2.36. The van der Waals surface area contributed by atoms with Gasteiger partial charge in [-0.1, -0.05) is 35.9 Å². The third-order valence-corrected chi connectivity index (χ3v) is 5.58. The molecule has 0 bridgehead atoms. The van der Waals surface area contributed by atoms with Crippen molar-refractivity contribution >= 4 is 27.3 Å². The van der Waals surface area contributed by atoms with E-state index < -0.39 is 9.84 Å². The maximum absolute atomic E-state index is 13.0. The molecule has 0 saturated carbocycles. The Labute approximate surface area is 180 Å². The minimum Gasteiger partial charge on any atom is -0.419 e. The number of sulfone groups is 1. The molecular weight excluding hydrogens is 426 g/mol. The third kappa shape index (κ3) is 5.46. The Hall–Kier alpha value is -2.71. The molecule has 7 nitrogen and oxygen atoms in total. The first-order valence-corrected chi connectivity index (χ1v) is 11.7. The van der Waals surface area contributed by atoms with Crippen molar-refractivity contribution in [3.8, 4) is 11.5 Å². The molecule has 0 radical (unpaired) electrons. The number of hydrogen-bond donors (Lipinski definition) is 0. The number of benzene rings is 2. The maximum Gasteiger partial charge on any atom is 0.254 e. The lowest BCUT2D eigenvalue weighted by atomic mass is 10.1. The maximum atomic E-state index is 13.0. The van der Waals surface area contributed by atoms with Gasteiger partial charge in [-0.15, -0.1) is 10.2 Å². The van der Waals surface area contributed by atoms with E-state index in [2.05, 4.69) is 10.2 Å². The molecule has 0 unspecified atom stereocenters. The molecule has 0 aliphatic heterocycles. The highest BCUT2D eigenvalue weighted by atomic mass is 35.5. The number of nitrogens with zero attached hydrogens (tertiary/aromatic N) is 3. The average Bonchev–Trinajstić information content (AvgIpc) is 3.13. The highest BCUT2D eigenvalue weighted by molar-refractivity contribution is 7.89. The second kappa shape index (κ2) is 8.97. The van der Waals surface area contributed by atoms with Crippen molar-refractivity contribution in [1.29, 1.82) is 0 Å². The molecule has 9 heteroatoms. The van der Waals surface area contributed by atoms with E-state index in [0.717, 1.165) is 0 Å². The molecule has 2 aromatic carbocycles. The predicted octanol–water partition coefficient (Wildman–Crippen LogP) is 3.99. The Balaban J connectivity index is 1.78. The first-order valence-electron chi connectivity index (χ1n) is 9.29. The SMILES string of the molecule is CC(C)N(Cc1nnc(-c2ccccc2Cl)o1)C(=O)c1ccc(CS(C)(=O)=O)cc1. The van der Waals surface area contributed by atoms with Gasteiger partial charge in [0.1, 0.15) is 0 Å². The molecule has 0 saturated heterocycles. The van der Waals surface area contributed by atoms with Gasteiger partial charge < -0.3 is 9.32 Å². The molecule has 158 valence electrons. The van der Waals surface area contributed by atoms with E-state index in [1.165, 1.54) is 6.26 Å². The number of hydrogen-bond acceptors (Lipinski definition) is 6. The fourth-order valence-corrected chi connectivity index (χ4v) is 3.92. The van der Waals surface area contributed by atoms with Crippen molar-refractivity contribution in [2.75, 3.05) is 6.26 Å². The van der Waals surface area contributed by atoms with Crippen LogP contribution in [0.15, 0.2) is 52.9 Å². The molecule has 0 atom stereocenters. The number of rotatable bonds is 7. The minimum atomic E-state index is -3.14. The molecule has 0 aliphatic rings. The van der Waals surface area contributed by atoms with Crippen molar-refractivity contribution in [1.82, 2.24) is 15.1 Å². The zero-order chi connectivity index (χ0) is 21.9. The van der Waals surface area contributed by atoms with Crippen LogP contribution >= 0.6 is 11.6 Å². The van der Waals surface area contributed by atoms with Crippen LogP contribution in [0.4, 0.5) is 0 Å². The Morgan fingerprint density at radius 2 is 1.77 bits per heavy atom. The van der Waals surface area contributed by atoms with Gasteiger partial charge in [-0.25, -0.2) is 8.42 Å². The zero-order valence-corrected chi connectivity index (χ0v) is 18.4. The van der Waals surface area contributed by atoms with Gasteiger partial charge in [0, 0.05) is 17.9 Å². The number of carbonyl (C=O) groups is 1. The predicted molar refractivity (Wildman–Crippen MR) is 115 cm³/mol. The summed E-state index contributed by atoms with van der Waals surface area (Å²) in [5.41, 5.74) is 1.71. The Bertz CT molecular complexity index is 1140. The molecule has 30 heavy (non-hydrogen) atoms. The van der Waals surface area contributed by atoms with Gasteiger partial charge in [0.25, 0.3) is 5.91 Å².